The second kappa shape index (κ2) is 6.55. The van der Waals surface area contributed by atoms with E-state index in [1.54, 1.807) is 0 Å². The Hall–Kier alpha value is -0.130. The third-order valence-corrected chi connectivity index (χ3v) is 6.43. The summed E-state index contributed by atoms with van der Waals surface area (Å²) in [5.41, 5.74) is 0. The van der Waals surface area contributed by atoms with Crippen molar-refractivity contribution in [1.82, 2.24) is 9.80 Å². The van der Waals surface area contributed by atoms with E-state index in [2.05, 4.69) is 23.6 Å². The number of hydrogen-bond acceptors (Lipinski definition) is 4. The molecule has 19 heavy (non-hydrogen) atoms. The second-order valence-corrected chi connectivity index (χ2v) is 8.40. The van der Waals surface area contributed by atoms with E-state index in [9.17, 15) is 8.42 Å². The summed E-state index contributed by atoms with van der Waals surface area (Å²) in [5.74, 6) is 0.786. The predicted octanol–water partition coefficient (Wildman–Crippen LogP) is 1.37. The lowest BCUT2D eigenvalue weighted by Crippen LogP contribution is -2.53. The molecule has 0 aromatic heterocycles. The van der Waals surface area contributed by atoms with Gasteiger partial charge in [-0.05, 0) is 26.2 Å². The number of nitrogens with zero attached hydrogens (tertiary/aromatic N) is 2. The molecule has 0 N–H and O–H groups in total. The average molecular weight is 288 g/mol. The molecule has 0 amide bonds. The fourth-order valence-corrected chi connectivity index (χ4v) is 4.85. The molecule has 4 nitrogen and oxygen atoms in total. The number of piperazine rings is 1. The van der Waals surface area contributed by atoms with Gasteiger partial charge in [0.1, 0.15) is 9.84 Å². The standard InChI is InChI=1S/C14H28N2O2S/c1-3-4-13(2)15-7-9-16(10-8-15)14-5-11-19(17,18)12-6-14/h13-14H,3-12H2,1-2H3. The van der Waals surface area contributed by atoms with Gasteiger partial charge in [-0.2, -0.15) is 0 Å². The highest BCUT2D eigenvalue weighted by molar-refractivity contribution is 7.91. The summed E-state index contributed by atoms with van der Waals surface area (Å²) in [5, 5.41) is 0. The van der Waals surface area contributed by atoms with Gasteiger partial charge in [0.25, 0.3) is 0 Å². The number of rotatable bonds is 4. The van der Waals surface area contributed by atoms with Crippen molar-refractivity contribution in [2.45, 2.75) is 51.6 Å². The normalized spacial score (nSPS) is 28.3. The first-order valence-corrected chi connectivity index (χ1v) is 9.52. The van der Waals surface area contributed by atoms with Crippen molar-refractivity contribution in [2.24, 2.45) is 0 Å². The van der Waals surface area contributed by atoms with Gasteiger partial charge in [-0.3, -0.25) is 9.80 Å². The van der Waals surface area contributed by atoms with Crippen LogP contribution in [0.15, 0.2) is 0 Å². The minimum Gasteiger partial charge on any atom is -0.298 e. The molecule has 0 aromatic carbocycles. The molecule has 2 rings (SSSR count). The fourth-order valence-electron chi connectivity index (χ4n) is 3.39. The van der Waals surface area contributed by atoms with E-state index >= 15 is 0 Å². The van der Waals surface area contributed by atoms with Gasteiger partial charge < -0.3 is 0 Å². The van der Waals surface area contributed by atoms with Crippen LogP contribution in [0.2, 0.25) is 0 Å². The Morgan fingerprint density at radius 2 is 1.68 bits per heavy atom. The molecule has 0 aromatic rings. The maximum Gasteiger partial charge on any atom is 0.150 e. The highest BCUT2D eigenvalue weighted by atomic mass is 32.2. The van der Waals surface area contributed by atoms with Crippen molar-refractivity contribution in [1.29, 1.82) is 0 Å². The summed E-state index contributed by atoms with van der Waals surface area (Å²) in [6.07, 6.45) is 4.21. The highest BCUT2D eigenvalue weighted by Crippen LogP contribution is 2.20. The second-order valence-electron chi connectivity index (χ2n) is 6.09. The molecule has 2 fully saturated rings. The minimum atomic E-state index is -2.72. The van der Waals surface area contributed by atoms with E-state index in [1.165, 1.54) is 12.8 Å². The van der Waals surface area contributed by atoms with Crippen LogP contribution in [-0.4, -0.2) is 68.0 Å². The first-order valence-electron chi connectivity index (χ1n) is 7.70. The molecule has 1 atom stereocenters. The molecule has 5 heteroatoms. The molecule has 0 bridgehead atoms. The lowest BCUT2D eigenvalue weighted by molar-refractivity contribution is 0.0675. The van der Waals surface area contributed by atoms with E-state index < -0.39 is 9.84 Å². The predicted molar refractivity (Wildman–Crippen MR) is 79.2 cm³/mol. The van der Waals surface area contributed by atoms with E-state index in [-0.39, 0.29) is 0 Å². The summed E-state index contributed by atoms with van der Waals surface area (Å²) < 4.78 is 22.9. The molecule has 2 aliphatic rings. The Balaban J connectivity index is 1.77. The van der Waals surface area contributed by atoms with Crippen LogP contribution in [0.5, 0.6) is 0 Å². The van der Waals surface area contributed by atoms with Crippen LogP contribution >= 0.6 is 0 Å². The average Bonchev–Trinajstić information content (AvgIpc) is 2.39. The molecular formula is C14H28N2O2S. The number of sulfone groups is 1. The maximum absolute atomic E-state index is 11.5. The zero-order valence-electron chi connectivity index (χ0n) is 12.3. The zero-order valence-corrected chi connectivity index (χ0v) is 13.2. The Morgan fingerprint density at radius 3 is 2.21 bits per heavy atom. The topological polar surface area (TPSA) is 40.6 Å². The molecule has 2 heterocycles. The van der Waals surface area contributed by atoms with Crippen molar-refractivity contribution in [3.63, 3.8) is 0 Å². The van der Waals surface area contributed by atoms with Gasteiger partial charge in [-0.15, -0.1) is 0 Å². The van der Waals surface area contributed by atoms with Crippen molar-refractivity contribution in [3.05, 3.63) is 0 Å². The molecular weight excluding hydrogens is 260 g/mol. The third kappa shape index (κ3) is 4.17. The largest absolute Gasteiger partial charge is 0.298 e. The molecule has 2 saturated heterocycles. The van der Waals surface area contributed by atoms with Crippen LogP contribution in [0.25, 0.3) is 0 Å². The summed E-state index contributed by atoms with van der Waals surface area (Å²) in [6, 6.07) is 1.20. The Morgan fingerprint density at radius 1 is 1.11 bits per heavy atom. The molecule has 0 radical (unpaired) electrons. The van der Waals surface area contributed by atoms with E-state index in [1.807, 2.05) is 0 Å². The van der Waals surface area contributed by atoms with Crippen LogP contribution < -0.4 is 0 Å². The van der Waals surface area contributed by atoms with Crippen LogP contribution in [0, 0.1) is 0 Å². The van der Waals surface area contributed by atoms with E-state index in [0.29, 0.717) is 23.6 Å². The summed E-state index contributed by atoms with van der Waals surface area (Å²) in [4.78, 5) is 5.10. The smallest absolute Gasteiger partial charge is 0.150 e. The number of hydrogen-bond donors (Lipinski definition) is 0. The first-order chi connectivity index (χ1) is 9.02. The highest BCUT2D eigenvalue weighted by Gasteiger charge is 2.30. The van der Waals surface area contributed by atoms with Crippen LogP contribution in [0.3, 0.4) is 0 Å². The first kappa shape index (κ1) is 15.3. The van der Waals surface area contributed by atoms with Gasteiger partial charge in [0.15, 0.2) is 0 Å². The molecule has 0 saturated carbocycles. The van der Waals surface area contributed by atoms with E-state index in [4.69, 9.17) is 0 Å². The van der Waals surface area contributed by atoms with Gasteiger partial charge in [0.05, 0.1) is 11.5 Å². The zero-order chi connectivity index (χ0) is 13.9. The summed E-state index contributed by atoms with van der Waals surface area (Å²) in [6.45, 7) is 9.08. The van der Waals surface area contributed by atoms with Crippen LogP contribution in [0.4, 0.5) is 0 Å². The van der Waals surface area contributed by atoms with Gasteiger partial charge in [0, 0.05) is 38.3 Å². The van der Waals surface area contributed by atoms with Crippen LogP contribution in [0.1, 0.15) is 39.5 Å². The fraction of sp³-hybridized carbons (Fsp3) is 1.00. The van der Waals surface area contributed by atoms with Crippen molar-refractivity contribution in [2.75, 3.05) is 37.7 Å². The van der Waals surface area contributed by atoms with Crippen molar-refractivity contribution < 1.29 is 8.42 Å². The minimum absolute atomic E-state index is 0.393. The SMILES string of the molecule is CCCC(C)N1CCN(C2CCS(=O)(=O)CC2)CC1. The molecule has 0 aliphatic carbocycles. The maximum atomic E-state index is 11.5. The summed E-state index contributed by atoms with van der Waals surface area (Å²) in [7, 11) is -2.72. The van der Waals surface area contributed by atoms with Gasteiger partial charge in [-0.1, -0.05) is 13.3 Å². The van der Waals surface area contributed by atoms with Crippen molar-refractivity contribution >= 4 is 9.84 Å². The van der Waals surface area contributed by atoms with Crippen LogP contribution in [-0.2, 0) is 9.84 Å². The lowest BCUT2D eigenvalue weighted by Gasteiger charge is -2.42. The van der Waals surface area contributed by atoms with Crippen molar-refractivity contribution in [3.8, 4) is 0 Å². The Kier molecular flexibility index (Phi) is 5.26. The molecule has 0 spiro atoms. The molecule has 2 aliphatic heterocycles. The van der Waals surface area contributed by atoms with E-state index in [0.717, 1.165) is 39.0 Å². The Bertz CT molecular complexity index is 361. The Labute approximate surface area is 118 Å². The van der Waals surface area contributed by atoms with Gasteiger partial charge in [0.2, 0.25) is 0 Å². The third-order valence-electron chi connectivity index (χ3n) is 4.72. The van der Waals surface area contributed by atoms with Gasteiger partial charge >= 0.3 is 0 Å². The molecule has 112 valence electrons. The lowest BCUT2D eigenvalue weighted by atomic mass is 10.1. The molecule has 1 unspecified atom stereocenters. The summed E-state index contributed by atoms with van der Waals surface area (Å²) >= 11 is 0. The quantitative estimate of drug-likeness (QED) is 0.783. The van der Waals surface area contributed by atoms with Gasteiger partial charge in [-0.25, -0.2) is 8.42 Å². The monoisotopic (exact) mass is 288 g/mol.